The number of rotatable bonds is 6. The van der Waals surface area contributed by atoms with Gasteiger partial charge in [-0.3, -0.25) is 4.98 Å². The van der Waals surface area contributed by atoms with Crippen molar-refractivity contribution in [3.63, 3.8) is 0 Å². The summed E-state index contributed by atoms with van der Waals surface area (Å²) >= 11 is 0. The topological polar surface area (TPSA) is 81.2 Å². The van der Waals surface area contributed by atoms with Crippen molar-refractivity contribution in [3.05, 3.63) is 36.7 Å². The van der Waals surface area contributed by atoms with E-state index in [1.54, 1.807) is 18.3 Å². The molecule has 112 valence electrons. The van der Waals surface area contributed by atoms with Gasteiger partial charge in [0.25, 0.3) is 0 Å². The van der Waals surface area contributed by atoms with Crippen LogP contribution in [0.15, 0.2) is 41.6 Å². The van der Waals surface area contributed by atoms with Gasteiger partial charge in [-0.05, 0) is 24.6 Å². The third kappa shape index (κ3) is 4.42. The number of hydrogen-bond donors (Lipinski definition) is 1. The number of ether oxygens (including phenoxy) is 1. The second-order valence-electron chi connectivity index (χ2n) is 4.52. The van der Waals surface area contributed by atoms with Gasteiger partial charge in [-0.1, -0.05) is 13.0 Å². The van der Waals surface area contributed by atoms with Gasteiger partial charge in [-0.2, -0.15) is 4.98 Å². The molecule has 1 aromatic carbocycles. The average Bonchev–Trinajstić information content (AvgIpc) is 2.45. The van der Waals surface area contributed by atoms with E-state index in [4.69, 9.17) is 4.74 Å². The molecule has 2 rings (SSSR count). The second-order valence-corrected chi connectivity index (χ2v) is 6.53. The smallest absolute Gasteiger partial charge is 0.239 e. The van der Waals surface area contributed by atoms with Gasteiger partial charge in [0, 0.05) is 12.8 Å². The Hall–Kier alpha value is -2.15. The molecule has 0 spiro atoms. The van der Waals surface area contributed by atoms with Crippen LogP contribution in [0.1, 0.15) is 13.3 Å². The maximum atomic E-state index is 11.5. The molecule has 0 radical (unpaired) electrons. The van der Waals surface area contributed by atoms with Gasteiger partial charge in [0.05, 0.1) is 17.3 Å². The van der Waals surface area contributed by atoms with E-state index in [2.05, 4.69) is 22.2 Å². The highest BCUT2D eigenvalue weighted by atomic mass is 32.2. The van der Waals surface area contributed by atoms with E-state index in [0.717, 1.165) is 19.2 Å². The van der Waals surface area contributed by atoms with Crippen LogP contribution in [0.3, 0.4) is 0 Å². The van der Waals surface area contributed by atoms with Crippen LogP contribution in [0.2, 0.25) is 0 Å². The predicted octanol–water partition coefficient (Wildman–Crippen LogP) is 2.49. The van der Waals surface area contributed by atoms with Crippen molar-refractivity contribution in [1.82, 2.24) is 9.97 Å². The minimum absolute atomic E-state index is 0.202. The summed E-state index contributed by atoms with van der Waals surface area (Å²) in [6, 6.07) is 6.27. The SMILES string of the molecule is CCCNc1cncc(Oc2cccc(S(C)(=O)=O)c2)n1. The van der Waals surface area contributed by atoms with Crippen molar-refractivity contribution in [3.8, 4) is 11.6 Å². The number of nitrogens with one attached hydrogen (secondary N) is 1. The van der Waals surface area contributed by atoms with Gasteiger partial charge < -0.3 is 10.1 Å². The van der Waals surface area contributed by atoms with Crippen molar-refractivity contribution in [2.75, 3.05) is 18.1 Å². The van der Waals surface area contributed by atoms with E-state index in [-0.39, 0.29) is 4.90 Å². The monoisotopic (exact) mass is 307 g/mol. The van der Waals surface area contributed by atoms with Gasteiger partial charge in [0.2, 0.25) is 5.88 Å². The highest BCUT2D eigenvalue weighted by molar-refractivity contribution is 7.90. The molecule has 0 saturated heterocycles. The molecule has 1 aromatic heterocycles. The van der Waals surface area contributed by atoms with Crippen molar-refractivity contribution in [2.24, 2.45) is 0 Å². The number of nitrogens with zero attached hydrogens (tertiary/aromatic N) is 2. The molecule has 0 atom stereocenters. The Kier molecular flexibility index (Phi) is 4.74. The van der Waals surface area contributed by atoms with E-state index >= 15 is 0 Å². The summed E-state index contributed by atoms with van der Waals surface area (Å²) in [4.78, 5) is 8.49. The quantitative estimate of drug-likeness (QED) is 0.883. The first kappa shape index (κ1) is 15.2. The van der Waals surface area contributed by atoms with Crippen molar-refractivity contribution < 1.29 is 13.2 Å². The molecular weight excluding hydrogens is 290 g/mol. The van der Waals surface area contributed by atoms with Gasteiger partial charge >= 0.3 is 0 Å². The summed E-state index contributed by atoms with van der Waals surface area (Å²) in [6.07, 6.45) is 5.21. The number of sulfone groups is 1. The molecule has 0 aliphatic carbocycles. The van der Waals surface area contributed by atoms with Crippen molar-refractivity contribution in [1.29, 1.82) is 0 Å². The summed E-state index contributed by atoms with van der Waals surface area (Å²) in [5.41, 5.74) is 0. The zero-order valence-electron chi connectivity index (χ0n) is 11.9. The Morgan fingerprint density at radius 1 is 1.29 bits per heavy atom. The summed E-state index contributed by atoms with van der Waals surface area (Å²) < 4.78 is 28.6. The third-order valence-corrected chi connectivity index (χ3v) is 3.73. The zero-order valence-corrected chi connectivity index (χ0v) is 12.7. The maximum absolute atomic E-state index is 11.5. The standard InChI is InChI=1S/C14H17N3O3S/c1-3-7-16-13-9-15-10-14(17-13)20-11-5-4-6-12(8-11)21(2,18)19/h4-6,8-10H,3,7H2,1-2H3,(H,16,17). The van der Waals surface area contributed by atoms with Gasteiger partial charge in [-0.25, -0.2) is 8.42 Å². The van der Waals surface area contributed by atoms with E-state index in [1.807, 2.05) is 0 Å². The molecule has 2 aromatic rings. The van der Waals surface area contributed by atoms with Crippen molar-refractivity contribution in [2.45, 2.75) is 18.2 Å². The van der Waals surface area contributed by atoms with E-state index < -0.39 is 9.84 Å². The molecule has 6 nitrogen and oxygen atoms in total. The van der Waals surface area contributed by atoms with E-state index in [9.17, 15) is 8.42 Å². The summed E-state index contributed by atoms with van der Waals surface area (Å²) in [6.45, 7) is 2.85. The normalized spacial score (nSPS) is 11.1. The molecule has 0 saturated carbocycles. The maximum Gasteiger partial charge on any atom is 0.239 e. The lowest BCUT2D eigenvalue weighted by molar-refractivity contribution is 0.459. The minimum atomic E-state index is -3.27. The molecule has 0 aliphatic rings. The van der Waals surface area contributed by atoms with E-state index in [0.29, 0.717) is 17.4 Å². The van der Waals surface area contributed by atoms with Crippen LogP contribution in [0.4, 0.5) is 5.82 Å². The third-order valence-electron chi connectivity index (χ3n) is 2.62. The molecule has 7 heteroatoms. The number of benzene rings is 1. The Balaban J connectivity index is 2.18. The van der Waals surface area contributed by atoms with Crippen LogP contribution in [-0.2, 0) is 9.84 Å². The number of anilines is 1. The summed E-state index contributed by atoms with van der Waals surface area (Å²) in [7, 11) is -3.27. The highest BCUT2D eigenvalue weighted by Crippen LogP contribution is 2.22. The summed E-state index contributed by atoms with van der Waals surface area (Å²) in [5.74, 6) is 1.33. The molecule has 0 bridgehead atoms. The Bertz CT molecular complexity index is 717. The van der Waals surface area contributed by atoms with Gasteiger partial charge in [-0.15, -0.1) is 0 Å². The molecule has 0 amide bonds. The average molecular weight is 307 g/mol. The largest absolute Gasteiger partial charge is 0.437 e. The van der Waals surface area contributed by atoms with Crippen LogP contribution in [0.25, 0.3) is 0 Å². The lowest BCUT2D eigenvalue weighted by atomic mass is 10.3. The minimum Gasteiger partial charge on any atom is -0.437 e. The highest BCUT2D eigenvalue weighted by Gasteiger charge is 2.09. The molecule has 1 N–H and O–H groups in total. The molecule has 0 fully saturated rings. The van der Waals surface area contributed by atoms with Gasteiger partial charge in [0.15, 0.2) is 9.84 Å². The first-order chi connectivity index (χ1) is 9.99. The predicted molar refractivity (Wildman–Crippen MR) is 80.4 cm³/mol. The fraction of sp³-hybridized carbons (Fsp3) is 0.286. The zero-order chi connectivity index (χ0) is 15.3. The first-order valence-electron chi connectivity index (χ1n) is 6.53. The lowest BCUT2D eigenvalue weighted by Gasteiger charge is -2.08. The molecule has 1 heterocycles. The lowest BCUT2D eigenvalue weighted by Crippen LogP contribution is -2.03. The molecule has 21 heavy (non-hydrogen) atoms. The Morgan fingerprint density at radius 3 is 2.81 bits per heavy atom. The van der Waals surface area contributed by atoms with Crippen molar-refractivity contribution >= 4 is 15.7 Å². The number of aromatic nitrogens is 2. The van der Waals surface area contributed by atoms with Crippen LogP contribution < -0.4 is 10.1 Å². The summed E-state index contributed by atoms with van der Waals surface area (Å²) in [5, 5.41) is 3.11. The second kappa shape index (κ2) is 6.53. The Labute approximate surface area is 124 Å². The van der Waals surface area contributed by atoms with Crippen LogP contribution in [0.5, 0.6) is 11.6 Å². The molecule has 0 aliphatic heterocycles. The number of hydrogen-bond acceptors (Lipinski definition) is 6. The molecular formula is C14H17N3O3S. The fourth-order valence-electron chi connectivity index (χ4n) is 1.62. The van der Waals surface area contributed by atoms with Crippen LogP contribution in [-0.4, -0.2) is 31.2 Å². The first-order valence-corrected chi connectivity index (χ1v) is 8.42. The molecule has 0 unspecified atom stereocenters. The fourth-order valence-corrected chi connectivity index (χ4v) is 2.28. The van der Waals surface area contributed by atoms with E-state index in [1.165, 1.54) is 18.3 Å². The van der Waals surface area contributed by atoms with Crippen LogP contribution >= 0.6 is 0 Å². The Morgan fingerprint density at radius 2 is 2.10 bits per heavy atom. The van der Waals surface area contributed by atoms with Gasteiger partial charge in [0.1, 0.15) is 11.6 Å². The van der Waals surface area contributed by atoms with Crippen LogP contribution in [0, 0.1) is 0 Å².